The van der Waals surface area contributed by atoms with Crippen molar-refractivity contribution in [2.24, 2.45) is 5.41 Å². The molecule has 16 heteroatoms. The lowest BCUT2D eigenvalue weighted by Crippen LogP contribution is -2.63. The van der Waals surface area contributed by atoms with Crippen LogP contribution in [0, 0.1) is 5.41 Å². The van der Waals surface area contributed by atoms with Gasteiger partial charge in [0, 0.05) is 38.7 Å². The largest absolute Gasteiger partial charge is 0.469 e. The molecule has 0 aromatic rings. The second-order valence-corrected chi connectivity index (χ2v) is 9.62. The van der Waals surface area contributed by atoms with Gasteiger partial charge in [-0.3, -0.25) is 24.0 Å². The van der Waals surface area contributed by atoms with Crippen LogP contribution in [0.5, 0.6) is 0 Å². The number of esters is 6. The van der Waals surface area contributed by atoms with E-state index >= 15 is 0 Å². The van der Waals surface area contributed by atoms with Crippen LogP contribution in [0.4, 0.5) is 0 Å². The molecule has 0 spiro atoms. The zero-order chi connectivity index (χ0) is 32.5. The van der Waals surface area contributed by atoms with E-state index in [0.29, 0.717) is 0 Å². The molecule has 2 rings (SSSR count). The SMILES string of the molecule is COC(=O)C[C@]1(C)C(C(=O)OC)=CO[C@@H](O[C@@H]2O[C@H](COC(C)=O)[C@@H](OC(C)=O)[C@H](OC(C)=O)[C@H]2OC(C)=O)/C1=C/CO. The van der Waals surface area contributed by atoms with Crippen molar-refractivity contribution in [2.45, 2.75) is 78.0 Å². The van der Waals surface area contributed by atoms with Crippen LogP contribution in [-0.2, 0) is 71.4 Å². The summed E-state index contributed by atoms with van der Waals surface area (Å²) in [5, 5.41) is 9.85. The Morgan fingerprint density at radius 3 is 1.98 bits per heavy atom. The van der Waals surface area contributed by atoms with E-state index in [0.717, 1.165) is 48.2 Å². The molecule has 0 aliphatic carbocycles. The van der Waals surface area contributed by atoms with Gasteiger partial charge >= 0.3 is 35.8 Å². The third-order valence-corrected chi connectivity index (χ3v) is 6.44. The number of methoxy groups -OCH3 is 2. The van der Waals surface area contributed by atoms with E-state index in [1.807, 2.05) is 0 Å². The van der Waals surface area contributed by atoms with Crippen molar-refractivity contribution < 1.29 is 76.5 Å². The van der Waals surface area contributed by atoms with Crippen LogP contribution in [-0.4, -0.2) is 105 Å². The van der Waals surface area contributed by atoms with Crippen LogP contribution in [0.25, 0.3) is 0 Å². The van der Waals surface area contributed by atoms with Crippen molar-refractivity contribution in [2.75, 3.05) is 27.4 Å². The van der Waals surface area contributed by atoms with Gasteiger partial charge in [0.15, 0.2) is 18.3 Å². The Bertz CT molecular complexity index is 1140. The maximum Gasteiger partial charge on any atom is 0.337 e. The van der Waals surface area contributed by atoms with Gasteiger partial charge in [-0.15, -0.1) is 0 Å². The molecule has 0 unspecified atom stereocenters. The molecular weight excluding hydrogens is 580 g/mol. The highest BCUT2D eigenvalue weighted by molar-refractivity contribution is 5.92. The lowest BCUT2D eigenvalue weighted by atomic mass is 9.71. The lowest BCUT2D eigenvalue weighted by molar-refractivity contribution is -0.332. The standard InChI is InChI=1S/C27H36O16/c1-13(29)37-12-19-21(39-14(2)30)22(40-15(3)31)23(41-16(4)32)26(42-19)43-25-17(8-9-28)27(5,10-20(33)35-6)18(11-38-25)24(34)36-7/h8,11,19,21-23,25-26,28H,9-10,12H2,1-7H3/b17-8-/t19-,21-,22+,23-,25+,26+,27+/m1/s1. The first-order valence-corrected chi connectivity index (χ1v) is 13.0. The molecule has 1 N–H and O–H groups in total. The van der Waals surface area contributed by atoms with E-state index in [4.69, 9.17) is 42.6 Å². The van der Waals surface area contributed by atoms with Crippen LogP contribution in [0.1, 0.15) is 41.0 Å². The van der Waals surface area contributed by atoms with Gasteiger partial charge in [0.1, 0.15) is 12.7 Å². The first-order valence-electron chi connectivity index (χ1n) is 13.0. The summed E-state index contributed by atoms with van der Waals surface area (Å²) in [6.45, 7) is 4.70. The monoisotopic (exact) mass is 616 g/mol. The molecule has 0 bridgehead atoms. The van der Waals surface area contributed by atoms with Crippen LogP contribution >= 0.6 is 0 Å². The topological polar surface area (TPSA) is 206 Å². The molecule has 1 fully saturated rings. The number of aliphatic hydroxyl groups excluding tert-OH is 1. The van der Waals surface area contributed by atoms with Crippen LogP contribution in [0.3, 0.4) is 0 Å². The van der Waals surface area contributed by atoms with E-state index in [1.165, 1.54) is 13.0 Å². The minimum atomic E-state index is -1.66. The van der Waals surface area contributed by atoms with E-state index in [1.54, 1.807) is 0 Å². The van der Waals surface area contributed by atoms with Crippen molar-refractivity contribution in [1.82, 2.24) is 0 Å². The van der Waals surface area contributed by atoms with E-state index in [2.05, 4.69) is 0 Å². The van der Waals surface area contributed by atoms with Crippen molar-refractivity contribution in [3.05, 3.63) is 23.5 Å². The van der Waals surface area contributed by atoms with Crippen molar-refractivity contribution in [1.29, 1.82) is 0 Å². The number of carbonyl (C=O) groups is 6. The van der Waals surface area contributed by atoms with Crippen molar-refractivity contribution in [3.63, 3.8) is 0 Å². The summed E-state index contributed by atoms with van der Waals surface area (Å²) < 4.78 is 48.5. The second kappa shape index (κ2) is 15.5. The van der Waals surface area contributed by atoms with E-state index < -0.39 is 97.9 Å². The zero-order valence-corrected chi connectivity index (χ0v) is 24.8. The summed E-state index contributed by atoms with van der Waals surface area (Å²) in [6.07, 6.45) is -7.23. The number of rotatable bonds is 11. The van der Waals surface area contributed by atoms with Gasteiger partial charge in [-0.25, -0.2) is 4.79 Å². The van der Waals surface area contributed by atoms with Crippen molar-refractivity contribution >= 4 is 35.8 Å². The van der Waals surface area contributed by atoms with Gasteiger partial charge in [0.05, 0.1) is 39.1 Å². The predicted octanol–water partition coefficient (Wildman–Crippen LogP) is -0.0126. The van der Waals surface area contributed by atoms with Crippen LogP contribution in [0.2, 0.25) is 0 Å². The highest BCUT2D eigenvalue weighted by atomic mass is 16.8. The second-order valence-electron chi connectivity index (χ2n) is 9.62. The molecule has 16 nitrogen and oxygen atoms in total. The molecule has 7 atom stereocenters. The molecule has 240 valence electrons. The number of carbonyl (C=O) groups excluding carboxylic acids is 6. The number of ether oxygens (including phenoxy) is 9. The molecule has 0 amide bonds. The first-order chi connectivity index (χ1) is 20.2. The molecule has 0 aromatic heterocycles. The van der Waals surface area contributed by atoms with E-state index in [9.17, 15) is 33.9 Å². The number of hydrogen-bond acceptors (Lipinski definition) is 16. The molecule has 2 aliphatic heterocycles. The Balaban J connectivity index is 2.65. The van der Waals surface area contributed by atoms with Gasteiger partial charge in [-0.1, -0.05) is 13.0 Å². The maximum atomic E-state index is 12.6. The fourth-order valence-corrected chi connectivity index (χ4v) is 4.64. The molecule has 2 aliphatic rings. The van der Waals surface area contributed by atoms with E-state index in [-0.39, 0.29) is 11.1 Å². The minimum Gasteiger partial charge on any atom is -0.469 e. The third kappa shape index (κ3) is 8.98. The van der Waals surface area contributed by atoms with Gasteiger partial charge in [0.25, 0.3) is 0 Å². The Labute approximate surface area is 247 Å². The summed E-state index contributed by atoms with van der Waals surface area (Å²) in [4.78, 5) is 72.9. The Hall–Kier alpha value is -4.02. The molecule has 43 heavy (non-hydrogen) atoms. The van der Waals surface area contributed by atoms with Gasteiger partial charge < -0.3 is 47.7 Å². The highest BCUT2D eigenvalue weighted by Crippen LogP contribution is 2.46. The summed E-state index contributed by atoms with van der Waals surface area (Å²) in [7, 11) is 2.27. The van der Waals surface area contributed by atoms with Crippen LogP contribution in [0.15, 0.2) is 23.5 Å². The Kier molecular flexibility index (Phi) is 12.6. The predicted molar refractivity (Wildman–Crippen MR) is 138 cm³/mol. The lowest BCUT2D eigenvalue weighted by Gasteiger charge is -2.46. The molecule has 0 radical (unpaired) electrons. The Morgan fingerprint density at radius 1 is 0.884 bits per heavy atom. The van der Waals surface area contributed by atoms with Crippen molar-refractivity contribution in [3.8, 4) is 0 Å². The fourth-order valence-electron chi connectivity index (χ4n) is 4.64. The van der Waals surface area contributed by atoms with Crippen LogP contribution < -0.4 is 0 Å². The quantitative estimate of drug-likeness (QED) is 0.184. The smallest absolute Gasteiger partial charge is 0.337 e. The average Bonchev–Trinajstić information content (AvgIpc) is 2.91. The molecule has 2 heterocycles. The summed E-state index contributed by atoms with van der Waals surface area (Å²) in [5.74, 6) is -4.82. The van der Waals surface area contributed by atoms with Gasteiger partial charge in [-0.05, 0) is 0 Å². The van der Waals surface area contributed by atoms with Gasteiger partial charge in [0.2, 0.25) is 12.6 Å². The summed E-state index contributed by atoms with van der Waals surface area (Å²) in [6, 6.07) is 0. The third-order valence-electron chi connectivity index (χ3n) is 6.44. The molecule has 0 saturated carbocycles. The zero-order valence-electron chi connectivity index (χ0n) is 24.8. The summed E-state index contributed by atoms with van der Waals surface area (Å²) >= 11 is 0. The molecule has 1 saturated heterocycles. The highest BCUT2D eigenvalue weighted by Gasteiger charge is 2.55. The number of aliphatic hydroxyl groups is 1. The first kappa shape index (κ1) is 35.2. The average molecular weight is 617 g/mol. The van der Waals surface area contributed by atoms with Gasteiger partial charge in [-0.2, -0.15) is 0 Å². The maximum absolute atomic E-state index is 12.6. The molecule has 0 aromatic carbocycles. The summed E-state index contributed by atoms with van der Waals surface area (Å²) in [5.41, 5.74) is -1.57. The number of hydrogen-bond donors (Lipinski definition) is 1. The Morgan fingerprint density at radius 2 is 1.47 bits per heavy atom. The normalized spacial score (nSPS) is 29.3. The minimum absolute atomic E-state index is 0.0520. The fraction of sp³-hybridized carbons (Fsp3) is 0.630. The molecular formula is C27H36O16.